The fourth-order valence-corrected chi connectivity index (χ4v) is 3.44. The Balaban J connectivity index is 1.56. The van der Waals surface area contributed by atoms with Gasteiger partial charge in [-0.25, -0.2) is 4.98 Å². The van der Waals surface area contributed by atoms with Crippen LogP contribution in [0, 0.1) is 0 Å². The number of H-pyrrole nitrogens is 1. The number of aromatic nitrogens is 2. The average Bonchev–Trinajstić information content (AvgIpc) is 2.70. The summed E-state index contributed by atoms with van der Waals surface area (Å²) < 4.78 is 5.12. The first-order valence-corrected chi connectivity index (χ1v) is 9.09. The van der Waals surface area contributed by atoms with Crippen molar-refractivity contribution in [3.63, 3.8) is 0 Å². The number of anilines is 1. The Hall–Kier alpha value is -3.32. The van der Waals surface area contributed by atoms with Crippen LogP contribution in [0.2, 0.25) is 0 Å². The van der Waals surface area contributed by atoms with Crippen molar-refractivity contribution >= 4 is 5.69 Å². The number of phenols is 1. The number of aromatic amines is 1. The molecule has 7 heteroatoms. The highest BCUT2D eigenvalue weighted by atomic mass is 16.5. The van der Waals surface area contributed by atoms with Gasteiger partial charge in [-0.15, -0.1) is 0 Å². The Morgan fingerprint density at radius 2 is 2.04 bits per heavy atom. The summed E-state index contributed by atoms with van der Waals surface area (Å²) in [5.74, 6) is 1.36. The standard InChI is InChI=1S/C21H22N4O3/c1-28-16-7-4-14(19(26)10-16)11-25-9-8-18-17(12-25)21(27)24-20(23-18)13-2-5-15(22)6-3-13/h2-7,10,26H,8-9,11-12,22H2,1H3,(H,23,24,27). The maximum Gasteiger partial charge on any atom is 0.255 e. The second kappa shape index (κ2) is 7.36. The lowest BCUT2D eigenvalue weighted by molar-refractivity contribution is 0.238. The van der Waals surface area contributed by atoms with Crippen molar-refractivity contribution in [3.8, 4) is 22.9 Å². The maximum absolute atomic E-state index is 12.7. The van der Waals surface area contributed by atoms with Crippen molar-refractivity contribution in [2.75, 3.05) is 19.4 Å². The van der Waals surface area contributed by atoms with Crippen LogP contribution >= 0.6 is 0 Å². The van der Waals surface area contributed by atoms with E-state index < -0.39 is 0 Å². The van der Waals surface area contributed by atoms with Crippen LogP contribution in [-0.4, -0.2) is 33.6 Å². The molecule has 1 aromatic heterocycles. The summed E-state index contributed by atoms with van der Waals surface area (Å²) in [6.07, 6.45) is 0.679. The van der Waals surface area contributed by atoms with Crippen molar-refractivity contribution < 1.29 is 9.84 Å². The molecule has 0 amide bonds. The molecule has 2 heterocycles. The zero-order valence-electron chi connectivity index (χ0n) is 15.6. The first kappa shape index (κ1) is 18.1. The van der Waals surface area contributed by atoms with E-state index in [4.69, 9.17) is 10.5 Å². The van der Waals surface area contributed by atoms with Gasteiger partial charge in [-0.05, 0) is 30.3 Å². The first-order chi connectivity index (χ1) is 13.5. The summed E-state index contributed by atoms with van der Waals surface area (Å²) in [5.41, 5.74) is 9.41. The summed E-state index contributed by atoms with van der Waals surface area (Å²) in [5, 5.41) is 10.2. The Kier molecular flexibility index (Phi) is 4.75. The van der Waals surface area contributed by atoms with Crippen LogP contribution in [-0.2, 0) is 19.5 Å². The molecule has 0 fully saturated rings. The third-order valence-electron chi connectivity index (χ3n) is 5.02. The minimum Gasteiger partial charge on any atom is -0.507 e. The summed E-state index contributed by atoms with van der Waals surface area (Å²) in [4.78, 5) is 22.3. The molecule has 28 heavy (non-hydrogen) atoms. The second-order valence-corrected chi connectivity index (χ2v) is 6.92. The van der Waals surface area contributed by atoms with E-state index in [1.807, 2.05) is 24.3 Å². The van der Waals surface area contributed by atoms with Gasteiger partial charge >= 0.3 is 0 Å². The number of hydrogen-bond donors (Lipinski definition) is 3. The van der Waals surface area contributed by atoms with Gasteiger partial charge in [0.25, 0.3) is 5.56 Å². The largest absolute Gasteiger partial charge is 0.507 e. The zero-order valence-corrected chi connectivity index (χ0v) is 15.6. The number of phenolic OH excluding ortho intramolecular Hbond substituents is 1. The van der Waals surface area contributed by atoms with Gasteiger partial charge in [0, 0.05) is 48.9 Å². The lowest BCUT2D eigenvalue weighted by Crippen LogP contribution is -2.35. The van der Waals surface area contributed by atoms with Gasteiger partial charge in [0.15, 0.2) is 0 Å². The van der Waals surface area contributed by atoms with E-state index in [0.717, 1.165) is 23.4 Å². The fraction of sp³-hybridized carbons (Fsp3) is 0.238. The molecule has 4 rings (SSSR count). The van der Waals surface area contributed by atoms with Crippen LogP contribution in [0.4, 0.5) is 5.69 Å². The van der Waals surface area contributed by atoms with E-state index in [1.165, 1.54) is 0 Å². The normalized spacial score (nSPS) is 13.9. The maximum atomic E-state index is 12.7. The number of hydrogen-bond acceptors (Lipinski definition) is 6. The summed E-state index contributed by atoms with van der Waals surface area (Å²) in [7, 11) is 1.56. The van der Waals surface area contributed by atoms with Crippen LogP contribution in [0.15, 0.2) is 47.3 Å². The molecule has 3 aromatic rings. The number of nitrogens with zero attached hydrogens (tertiary/aromatic N) is 2. The molecule has 0 saturated heterocycles. The number of nitrogen functional groups attached to an aromatic ring is 1. The Morgan fingerprint density at radius 1 is 1.25 bits per heavy atom. The number of benzene rings is 2. The monoisotopic (exact) mass is 378 g/mol. The van der Waals surface area contributed by atoms with Gasteiger partial charge < -0.3 is 20.6 Å². The van der Waals surface area contributed by atoms with Crippen LogP contribution in [0.5, 0.6) is 11.5 Å². The van der Waals surface area contributed by atoms with E-state index in [9.17, 15) is 9.90 Å². The highest BCUT2D eigenvalue weighted by molar-refractivity contribution is 5.58. The molecular weight excluding hydrogens is 356 g/mol. The Morgan fingerprint density at radius 3 is 2.75 bits per heavy atom. The summed E-state index contributed by atoms with van der Waals surface area (Å²) >= 11 is 0. The van der Waals surface area contributed by atoms with Gasteiger partial charge in [-0.1, -0.05) is 6.07 Å². The molecule has 2 aromatic carbocycles. The van der Waals surface area contributed by atoms with Gasteiger partial charge in [0.05, 0.1) is 18.4 Å². The lowest BCUT2D eigenvalue weighted by atomic mass is 10.0. The Labute approximate surface area is 162 Å². The first-order valence-electron chi connectivity index (χ1n) is 9.09. The van der Waals surface area contributed by atoms with Crippen LogP contribution in [0.25, 0.3) is 11.4 Å². The molecule has 0 spiro atoms. The number of nitrogens with one attached hydrogen (secondary N) is 1. The van der Waals surface area contributed by atoms with Crippen molar-refractivity contribution in [1.82, 2.24) is 14.9 Å². The number of fused-ring (bicyclic) bond motifs is 1. The van der Waals surface area contributed by atoms with E-state index >= 15 is 0 Å². The van der Waals surface area contributed by atoms with E-state index in [0.29, 0.717) is 42.3 Å². The van der Waals surface area contributed by atoms with E-state index in [1.54, 1.807) is 25.3 Å². The van der Waals surface area contributed by atoms with Gasteiger partial charge in [0.1, 0.15) is 17.3 Å². The molecule has 7 nitrogen and oxygen atoms in total. The van der Waals surface area contributed by atoms with Gasteiger partial charge in [-0.2, -0.15) is 0 Å². The molecule has 0 atom stereocenters. The molecular formula is C21H22N4O3. The SMILES string of the molecule is COc1ccc(CN2CCc3nc(-c4ccc(N)cc4)[nH]c(=O)c3C2)c(O)c1. The number of ether oxygens (including phenoxy) is 1. The minimum absolute atomic E-state index is 0.125. The van der Waals surface area contributed by atoms with Crippen molar-refractivity contribution in [3.05, 3.63) is 69.6 Å². The van der Waals surface area contributed by atoms with Crippen molar-refractivity contribution in [1.29, 1.82) is 0 Å². The molecule has 1 aliphatic rings. The lowest BCUT2D eigenvalue weighted by Gasteiger charge is -2.28. The third kappa shape index (κ3) is 3.57. The smallest absolute Gasteiger partial charge is 0.255 e. The number of aromatic hydroxyl groups is 1. The van der Waals surface area contributed by atoms with Crippen LogP contribution in [0.3, 0.4) is 0 Å². The Bertz CT molecular complexity index is 1060. The molecule has 0 aliphatic carbocycles. The summed E-state index contributed by atoms with van der Waals surface area (Å²) in [6.45, 7) is 1.80. The van der Waals surface area contributed by atoms with Crippen LogP contribution < -0.4 is 16.0 Å². The highest BCUT2D eigenvalue weighted by Crippen LogP contribution is 2.26. The number of nitrogens with two attached hydrogens (primary N) is 1. The number of rotatable bonds is 4. The minimum atomic E-state index is -0.125. The quantitative estimate of drug-likeness (QED) is 0.602. The molecule has 4 N–H and O–H groups in total. The van der Waals surface area contributed by atoms with Crippen molar-refractivity contribution in [2.45, 2.75) is 19.5 Å². The molecule has 0 saturated carbocycles. The van der Waals surface area contributed by atoms with Crippen LogP contribution in [0.1, 0.15) is 16.8 Å². The molecule has 1 aliphatic heterocycles. The molecule has 144 valence electrons. The van der Waals surface area contributed by atoms with E-state index in [-0.39, 0.29) is 11.3 Å². The number of methoxy groups -OCH3 is 1. The predicted octanol–water partition coefficient (Wildman–Crippen LogP) is 2.29. The zero-order chi connectivity index (χ0) is 19.7. The molecule has 0 radical (unpaired) electrons. The average molecular weight is 378 g/mol. The van der Waals surface area contributed by atoms with Gasteiger partial charge in [0.2, 0.25) is 0 Å². The topological polar surface area (TPSA) is 104 Å². The highest BCUT2D eigenvalue weighted by Gasteiger charge is 2.22. The fourth-order valence-electron chi connectivity index (χ4n) is 3.44. The van der Waals surface area contributed by atoms with Crippen molar-refractivity contribution in [2.24, 2.45) is 0 Å². The molecule has 0 bridgehead atoms. The van der Waals surface area contributed by atoms with Gasteiger partial charge in [-0.3, -0.25) is 9.69 Å². The third-order valence-corrected chi connectivity index (χ3v) is 5.02. The molecule has 0 unspecified atom stereocenters. The van der Waals surface area contributed by atoms with E-state index in [2.05, 4.69) is 14.9 Å². The summed E-state index contributed by atoms with van der Waals surface area (Å²) in [6, 6.07) is 12.5. The second-order valence-electron chi connectivity index (χ2n) is 6.92. The predicted molar refractivity (Wildman–Crippen MR) is 107 cm³/mol.